The van der Waals surface area contributed by atoms with Crippen LogP contribution in [-0.2, 0) is 24.3 Å². The van der Waals surface area contributed by atoms with Crippen LogP contribution in [0.2, 0.25) is 0 Å². The lowest BCUT2D eigenvalue weighted by Crippen LogP contribution is -2.70. The van der Waals surface area contributed by atoms with Crippen molar-refractivity contribution in [1.29, 1.82) is 0 Å². The normalized spacial score (nSPS) is 19.2. The molecule has 0 saturated heterocycles. The molecule has 230 valence electrons. The van der Waals surface area contributed by atoms with Gasteiger partial charge < -0.3 is 0 Å². The average molecular weight is 648 g/mol. The number of halogens is 21. The number of hydrogen-bond donors (Lipinski definition) is 1. The van der Waals surface area contributed by atoms with Crippen molar-refractivity contribution in [2.24, 2.45) is 0 Å². The summed E-state index contributed by atoms with van der Waals surface area (Å²) in [5.74, 6) is -17.1. The van der Waals surface area contributed by atoms with E-state index >= 15 is 0 Å². The van der Waals surface area contributed by atoms with Gasteiger partial charge >= 0.3 is 70.0 Å². The molecular weight excluding hydrogens is 647 g/mol. The van der Waals surface area contributed by atoms with Crippen molar-refractivity contribution in [1.82, 2.24) is 0 Å². The van der Waals surface area contributed by atoms with Gasteiger partial charge in [-0.25, -0.2) is 4.74 Å². The Morgan fingerprint density at radius 2 is 0.658 bits per heavy atom. The lowest BCUT2D eigenvalue weighted by molar-refractivity contribution is -0.579. The molecule has 0 saturated carbocycles. The van der Waals surface area contributed by atoms with E-state index in [0.29, 0.717) is 0 Å². The monoisotopic (exact) mass is 648 g/mol. The van der Waals surface area contributed by atoms with Gasteiger partial charge in [0.15, 0.2) is 0 Å². The van der Waals surface area contributed by atoms with Gasteiger partial charge in [-0.1, -0.05) is 0 Å². The summed E-state index contributed by atoms with van der Waals surface area (Å²) in [4.78, 5) is 0. The van der Waals surface area contributed by atoms with Crippen LogP contribution in [0.1, 0.15) is 0 Å². The van der Waals surface area contributed by atoms with E-state index < -0.39 is 70.0 Å². The highest BCUT2D eigenvalue weighted by Crippen LogP contribution is 2.58. The molecule has 0 aliphatic carbocycles. The van der Waals surface area contributed by atoms with E-state index in [1.54, 1.807) is 0 Å². The molecule has 0 bridgehead atoms. The zero-order valence-corrected chi connectivity index (χ0v) is 16.7. The Labute approximate surface area is 190 Å². The standard InChI is InChI=1S/C10HF21O6S/c11-1(3(13,14)15,36-9(28,29)10(30,31)38(32,33)34)6(22,23)35-2(12,4(16,17)18)7(24,25)37-8(26,27)5(19,20)21/h(H,32,33,34). The predicted octanol–water partition coefficient (Wildman–Crippen LogP) is 5.91. The predicted molar refractivity (Wildman–Crippen MR) is 65.4 cm³/mol. The summed E-state index contributed by atoms with van der Waals surface area (Å²) >= 11 is 0. The van der Waals surface area contributed by atoms with Gasteiger partial charge in [0.2, 0.25) is 0 Å². The number of ether oxygens (including phenoxy) is 3. The fourth-order valence-corrected chi connectivity index (χ4v) is 1.82. The van der Waals surface area contributed by atoms with E-state index in [2.05, 4.69) is 0 Å². The summed E-state index contributed by atoms with van der Waals surface area (Å²) in [6.45, 7) is 0. The largest absolute Gasteiger partial charge is 0.483 e. The van der Waals surface area contributed by atoms with Gasteiger partial charge in [-0.05, 0) is 0 Å². The molecule has 0 spiro atoms. The molecule has 0 aromatic heterocycles. The fourth-order valence-electron chi connectivity index (χ4n) is 1.48. The van der Waals surface area contributed by atoms with Crippen molar-refractivity contribution in [3.63, 3.8) is 0 Å². The van der Waals surface area contributed by atoms with Crippen molar-refractivity contribution >= 4 is 10.1 Å². The molecule has 0 aliphatic heterocycles. The second kappa shape index (κ2) is 9.18. The van der Waals surface area contributed by atoms with Gasteiger partial charge in [0.1, 0.15) is 0 Å². The minimum atomic E-state index is -8.64. The van der Waals surface area contributed by atoms with E-state index in [9.17, 15) is 101 Å². The maximum atomic E-state index is 13.9. The Balaban J connectivity index is 7.12. The third-order valence-corrected chi connectivity index (χ3v) is 4.15. The Morgan fingerprint density at radius 1 is 0.395 bits per heavy atom. The number of rotatable bonds is 10. The molecule has 0 rings (SSSR count). The summed E-state index contributed by atoms with van der Waals surface area (Å²) < 4.78 is 302. The Morgan fingerprint density at radius 3 is 0.895 bits per heavy atom. The molecule has 0 amide bonds. The third-order valence-electron chi connectivity index (χ3n) is 3.26. The molecule has 0 aromatic carbocycles. The van der Waals surface area contributed by atoms with Crippen LogP contribution in [0.3, 0.4) is 0 Å². The summed E-state index contributed by atoms with van der Waals surface area (Å²) in [6.07, 6.45) is -57.0. The second-order valence-electron chi connectivity index (χ2n) is 6.05. The van der Waals surface area contributed by atoms with Crippen molar-refractivity contribution in [2.45, 2.75) is 59.9 Å². The van der Waals surface area contributed by atoms with Gasteiger partial charge in [0.05, 0.1) is 0 Å². The molecule has 0 aromatic rings. The van der Waals surface area contributed by atoms with Crippen LogP contribution in [0.25, 0.3) is 0 Å². The van der Waals surface area contributed by atoms with E-state index in [1.807, 2.05) is 0 Å². The molecule has 0 radical (unpaired) electrons. The molecule has 28 heteroatoms. The van der Waals surface area contributed by atoms with Crippen LogP contribution in [0.15, 0.2) is 0 Å². The fraction of sp³-hybridized carbons (Fsp3) is 1.00. The highest BCUT2D eigenvalue weighted by atomic mass is 32.2. The van der Waals surface area contributed by atoms with Crippen LogP contribution in [0.4, 0.5) is 92.2 Å². The molecular formula is C10HF21O6S. The van der Waals surface area contributed by atoms with Gasteiger partial charge in [-0.15, -0.1) is 0 Å². The number of hydrogen-bond acceptors (Lipinski definition) is 5. The molecule has 38 heavy (non-hydrogen) atoms. The van der Waals surface area contributed by atoms with Crippen molar-refractivity contribution in [3.8, 4) is 0 Å². The first kappa shape index (κ1) is 36.3. The number of alkyl halides is 21. The first-order chi connectivity index (χ1) is 15.9. The lowest BCUT2D eigenvalue weighted by atomic mass is 10.2. The Kier molecular flexibility index (Phi) is 8.77. The molecule has 2 unspecified atom stereocenters. The zero-order valence-electron chi connectivity index (χ0n) is 15.8. The Hall–Kier alpha value is -1.68. The second-order valence-corrected chi connectivity index (χ2v) is 7.51. The van der Waals surface area contributed by atoms with Crippen LogP contribution in [0.5, 0.6) is 0 Å². The summed E-state index contributed by atoms with van der Waals surface area (Å²) in [6, 6.07) is 0. The maximum Gasteiger partial charge on any atom is 0.483 e. The van der Waals surface area contributed by atoms with E-state index in [4.69, 9.17) is 4.55 Å². The van der Waals surface area contributed by atoms with E-state index in [1.165, 1.54) is 0 Å². The van der Waals surface area contributed by atoms with Crippen molar-refractivity contribution < 1.29 is 119 Å². The third kappa shape index (κ3) is 6.06. The first-order valence-electron chi connectivity index (χ1n) is 7.41. The topological polar surface area (TPSA) is 82.1 Å². The summed E-state index contributed by atoms with van der Waals surface area (Å²) in [5, 5.41) is -7.67. The van der Waals surface area contributed by atoms with Crippen LogP contribution < -0.4 is 0 Å². The molecule has 6 nitrogen and oxygen atoms in total. The van der Waals surface area contributed by atoms with E-state index in [-0.39, 0.29) is 0 Å². The van der Waals surface area contributed by atoms with Gasteiger partial charge in [0.25, 0.3) is 0 Å². The first-order valence-corrected chi connectivity index (χ1v) is 8.85. The quantitative estimate of drug-likeness (QED) is 0.235. The average Bonchev–Trinajstić information content (AvgIpc) is 2.55. The SMILES string of the molecule is O=S(=O)(O)C(F)(F)C(F)(F)OC(F)(C(F)(F)F)C(F)(F)OC(F)(C(F)(F)F)C(F)(F)OC(F)(F)C(F)(F)F. The molecule has 0 heterocycles. The van der Waals surface area contributed by atoms with Gasteiger partial charge in [0, 0.05) is 0 Å². The highest BCUT2D eigenvalue weighted by Gasteiger charge is 2.87. The molecule has 0 aliphatic rings. The minimum absolute atomic E-state index is 1.04. The maximum absolute atomic E-state index is 13.9. The molecule has 2 atom stereocenters. The van der Waals surface area contributed by atoms with Crippen molar-refractivity contribution in [3.05, 3.63) is 0 Å². The van der Waals surface area contributed by atoms with Crippen molar-refractivity contribution in [2.75, 3.05) is 0 Å². The van der Waals surface area contributed by atoms with Crippen LogP contribution >= 0.6 is 0 Å². The highest BCUT2D eigenvalue weighted by molar-refractivity contribution is 7.86. The van der Waals surface area contributed by atoms with E-state index in [0.717, 1.165) is 14.2 Å². The molecule has 0 fully saturated rings. The minimum Gasteiger partial charge on any atom is -0.281 e. The Bertz CT molecular complexity index is 964. The summed E-state index contributed by atoms with van der Waals surface area (Å²) in [7, 11) is -7.85. The van der Waals surface area contributed by atoms with Crippen LogP contribution in [0, 0.1) is 0 Å². The lowest BCUT2D eigenvalue weighted by Gasteiger charge is -2.41. The zero-order chi connectivity index (χ0) is 31.6. The molecule has 1 N–H and O–H groups in total. The van der Waals surface area contributed by atoms with Gasteiger partial charge in [-0.2, -0.15) is 101 Å². The van der Waals surface area contributed by atoms with Gasteiger partial charge in [-0.3, -0.25) is 14.0 Å². The van der Waals surface area contributed by atoms with Crippen LogP contribution in [-0.4, -0.2) is 72.9 Å². The summed E-state index contributed by atoms with van der Waals surface area (Å²) in [5.41, 5.74) is 0. The smallest absolute Gasteiger partial charge is 0.281 e.